The van der Waals surface area contributed by atoms with Crippen molar-refractivity contribution in [1.29, 1.82) is 0 Å². The minimum absolute atomic E-state index is 0.00694. The topological polar surface area (TPSA) is 26.3 Å². The number of esters is 1. The molecule has 0 heterocycles. The van der Waals surface area contributed by atoms with Gasteiger partial charge in [0, 0.05) is 12.3 Å². The van der Waals surface area contributed by atoms with Crippen LogP contribution in [0.3, 0.4) is 0 Å². The lowest BCUT2D eigenvalue weighted by Crippen LogP contribution is -2.42. The predicted octanol–water partition coefficient (Wildman–Crippen LogP) is 4.35. The van der Waals surface area contributed by atoms with Crippen LogP contribution in [0, 0.1) is 23.2 Å². The third kappa shape index (κ3) is 2.59. The van der Waals surface area contributed by atoms with Crippen LogP contribution in [-0.4, -0.2) is 12.1 Å². The molecular formula is C17H28O2. The van der Waals surface area contributed by atoms with Crippen molar-refractivity contribution >= 4 is 5.97 Å². The molecule has 2 rings (SSSR count). The van der Waals surface area contributed by atoms with E-state index in [9.17, 15) is 4.79 Å². The Hall–Kier alpha value is -0.790. The Bertz CT molecular complexity index is 403. The summed E-state index contributed by atoms with van der Waals surface area (Å²) in [7, 11) is 0. The van der Waals surface area contributed by atoms with Gasteiger partial charge in [-0.05, 0) is 42.6 Å². The lowest BCUT2D eigenvalue weighted by Gasteiger charge is -2.45. The number of hydrogen-bond donors (Lipinski definition) is 0. The highest BCUT2D eigenvalue weighted by Crippen LogP contribution is 2.53. The van der Waals surface area contributed by atoms with Crippen LogP contribution in [0.1, 0.15) is 60.8 Å². The Morgan fingerprint density at radius 3 is 2.53 bits per heavy atom. The Labute approximate surface area is 117 Å². The van der Waals surface area contributed by atoms with Gasteiger partial charge in [0.2, 0.25) is 0 Å². The van der Waals surface area contributed by atoms with Crippen LogP contribution >= 0.6 is 0 Å². The van der Waals surface area contributed by atoms with Crippen LogP contribution in [0.5, 0.6) is 0 Å². The van der Waals surface area contributed by atoms with Crippen LogP contribution in [0.2, 0.25) is 0 Å². The average Bonchev–Trinajstić information content (AvgIpc) is 2.63. The molecule has 1 unspecified atom stereocenters. The Morgan fingerprint density at radius 2 is 2.00 bits per heavy atom. The van der Waals surface area contributed by atoms with Gasteiger partial charge in [0.05, 0.1) is 0 Å². The summed E-state index contributed by atoms with van der Waals surface area (Å²) in [6, 6.07) is 0. The van der Waals surface area contributed by atoms with Gasteiger partial charge in [0.15, 0.2) is 0 Å². The summed E-state index contributed by atoms with van der Waals surface area (Å²) in [5.74, 6) is 1.77. The SMILES string of the molecule is CC(=O)O[C@@H]1C2=C(CC[C@H]2C)C(C(C)C)CC1(C)C. The van der Waals surface area contributed by atoms with Crippen molar-refractivity contribution in [2.24, 2.45) is 23.2 Å². The van der Waals surface area contributed by atoms with Crippen molar-refractivity contribution in [2.75, 3.05) is 0 Å². The van der Waals surface area contributed by atoms with Gasteiger partial charge in [-0.2, -0.15) is 0 Å². The van der Waals surface area contributed by atoms with Crippen LogP contribution < -0.4 is 0 Å². The molecule has 108 valence electrons. The fraction of sp³-hybridized carbons (Fsp3) is 0.824. The van der Waals surface area contributed by atoms with Crippen molar-refractivity contribution < 1.29 is 9.53 Å². The summed E-state index contributed by atoms with van der Waals surface area (Å²) in [6.45, 7) is 13.0. The van der Waals surface area contributed by atoms with E-state index in [-0.39, 0.29) is 17.5 Å². The summed E-state index contributed by atoms with van der Waals surface area (Å²) >= 11 is 0. The standard InChI is InChI=1S/C17H28O2/c1-10(2)14-9-17(5,6)16(19-12(4)18)15-11(3)7-8-13(14)15/h10-11,14,16H,7-9H2,1-6H3/t11-,14?,16-/m1/s1. The first-order chi connectivity index (χ1) is 8.74. The molecule has 0 aromatic rings. The number of ether oxygens (including phenoxy) is 1. The highest BCUT2D eigenvalue weighted by atomic mass is 16.5. The number of rotatable bonds is 2. The first kappa shape index (κ1) is 14.6. The highest BCUT2D eigenvalue weighted by molar-refractivity contribution is 5.66. The minimum Gasteiger partial charge on any atom is -0.457 e. The zero-order valence-electron chi connectivity index (χ0n) is 13.2. The number of carbonyl (C=O) groups excluding carboxylic acids is 1. The second-order valence-corrected chi connectivity index (χ2v) is 7.45. The Kier molecular flexibility index (Phi) is 3.81. The molecule has 0 N–H and O–H groups in total. The number of hydrogen-bond acceptors (Lipinski definition) is 2. The average molecular weight is 264 g/mol. The monoisotopic (exact) mass is 264 g/mol. The molecular weight excluding hydrogens is 236 g/mol. The normalized spacial score (nSPS) is 33.5. The Balaban J connectivity index is 2.44. The van der Waals surface area contributed by atoms with Gasteiger partial charge in [-0.25, -0.2) is 0 Å². The largest absolute Gasteiger partial charge is 0.457 e. The quantitative estimate of drug-likeness (QED) is 0.547. The van der Waals surface area contributed by atoms with Crippen molar-refractivity contribution in [2.45, 2.75) is 66.9 Å². The van der Waals surface area contributed by atoms with Crippen LogP contribution in [0.25, 0.3) is 0 Å². The van der Waals surface area contributed by atoms with Gasteiger partial charge in [0.1, 0.15) is 6.10 Å². The lowest BCUT2D eigenvalue weighted by molar-refractivity contribution is -0.151. The molecule has 0 bridgehead atoms. The zero-order chi connectivity index (χ0) is 14.4. The molecule has 0 aromatic heterocycles. The first-order valence-corrected chi connectivity index (χ1v) is 7.64. The van der Waals surface area contributed by atoms with Crippen LogP contribution in [0.4, 0.5) is 0 Å². The molecule has 2 nitrogen and oxygen atoms in total. The van der Waals surface area contributed by atoms with Gasteiger partial charge < -0.3 is 4.74 Å². The minimum atomic E-state index is -0.146. The molecule has 2 aliphatic rings. The molecule has 2 heteroatoms. The van der Waals surface area contributed by atoms with E-state index in [2.05, 4.69) is 34.6 Å². The van der Waals surface area contributed by atoms with Gasteiger partial charge in [0.25, 0.3) is 0 Å². The van der Waals surface area contributed by atoms with Crippen LogP contribution in [-0.2, 0) is 9.53 Å². The summed E-state index contributed by atoms with van der Waals surface area (Å²) < 4.78 is 5.72. The van der Waals surface area contributed by atoms with Crippen molar-refractivity contribution in [3.63, 3.8) is 0 Å². The molecule has 0 spiro atoms. The van der Waals surface area contributed by atoms with Crippen LogP contribution in [0.15, 0.2) is 11.1 Å². The van der Waals surface area contributed by atoms with E-state index in [1.165, 1.54) is 25.3 Å². The maximum atomic E-state index is 11.5. The van der Waals surface area contributed by atoms with Gasteiger partial charge in [-0.1, -0.05) is 40.2 Å². The third-order valence-electron chi connectivity index (χ3n) is 5.02. The maximum absolute atomic E-state index is 11.5. The molecule has 0 aromatic carbocycles. The number of allylic oxidation sites excluding steroid dienone is 1. The predicted molar refractivity (Wildman–Crippen MR) is 77.7 cm³/mol. The van der Waals surface area contributed by atoms with Gasteiger partial charge >= 0.3 is 5.97 Å². The third-order valence-corrected chi connectivity index (χ3v) is 5.02. The Morgan fingerprint density at radius 1 is 1.37 bits per heavy atom. The fourth-order valence-corrected chi connectivity index (χ4v) is 4.06. The maximum Gasteiger partial charge on any atom is 0.303 e. The van der Waals surface area contributed by atoms with E-state index in [0.29, 0.717) is 17.8 Å². The highest BCUT2D eigenvalue weighted by Gasteiger charge is 2.47. The van der Waals surface area contributed by atoms with E-state index in [1.54, 1.807) is 5.57 Å². The van der Waals surface area contributed by atoms with E-state index in [1.807, 2.05) is 0 Å². The summed E-state index contributed by atoms with van der Waals surface area (Å²) in [6.07, 6.45) is 3.55. The van der Waals surface area contributed by atoms with E-state index in [4.69, 9.17) is 4.74 Å². The molecule has 2 aliphatic carbocycles. The smallest absolute Gasteiger partial charge is 0.303 e. The second-order valence-electron chi connectivity index (χ2n) is 7.45. The van der Waals surface area contributed by atoms with Gasteiger partial charge in [-0.3, -0.25) is 4.79 Å². The van der Waals surface area contributed by atoms with E-state index >= 15 is 0 Å². The molecule has 0 aliphatic heterocycles. The first-order valence-electron chi connectivity index (χ1n) is 7.64. The molecule has 3 atom stereocenters. The van der Waals surface area contributed by atoms with Crippen molar-refractivity contribution in [3.8, 4) is 0 Å². The zero-order valence-corrected chi connectivity index (χ0v) is 13.2. The molecule has 0 fully saturated rings. The summed E-state index contributed by atoms with van der Waals surface area (Å²) in [4.78, 5) is 11.5. The molecule has 0 saturated heterocycles. The molecule has 19 heavy (non-hydrogen) atoms. The molecule has 0 saturated carbocycles. The van der Waals surface area contributed by atoms with Crippen molar-refractivity contribution in [1.82, 2.24) is 0 Å². The van der Waals surface area contributed by atoms with Gasteiger partial charge in [-0.15, -0.1) is 0 Å². The summed E-state index contributed by atoms with van der Waals surface area (Å²) in [5.41, 5.74) is 3.11. The van der Waals surface area contributed by atoms with E-state index in [0.717, 1.165) is 6.42 Å². The second kappa shape index (κ2) is 4.96. The molecule has 0 radical (unpaired) electrons. The number of carbonyl (C=O) groups is 1. The summed E-state index contributed by atoms with van der Waals surface area (Å²) in [5, 5.41) is 0. The van der Waals surface area contributed by atoms with E-state index < -0.39 is 0 Å². The van der Waals surface area contributed by atoms with Crippen molar-refractivity contribution in [3.05, 3.63) is 11.1 Å². The molecule has 0 amide bonds. The lowest BCUT2D eigenvalue weighted by atomic mass is 9.64. The fourth-order valence-electron chi connectivity index (χ4n) is 4.06.